The molecule has 1 heterocycles. The Morgan fingerprint density at radius 3 is 2.73 bits per heavy atom. The molecule has 2 N–H and O–H groups in total. The molecule has 0 bridgehead atoms. The predicted molar refractivity (Wildman–Crippen MR) is 98.5 cm³/mol. The molecule has 0 aliphatic carbocycles. The third-order valence-electron chi connectivity index (χ3n) is 3.38. The van der Waals surface area contributed by atoms with Gasteiger partial charge in [-0.15, -0.1) is 0 Å². The Bertz CT molecular complexity index is 781. The smallest absolute Gasteiger partial charge is 0.190 e. The number of hydrogen-bond acceptors (Lipinski definition) is 3. The number of aryl methyl sites for hydroxylation is 1. The predicted octanol–water partition coefficient (Wildman–Crippen LogP) is 4.35. The lowest BCUT2D eigenvalue weighted by Gasteiger charge is -2.07. The average Bonchev–Trinajstić information content (AvgIpc) is 2.95. The summed E-state index contributed by atoms with van der Waals surface area (Å²) >= 11 is 6.96. The largest absolute Gasteiger partial charge is 0.358 e. The van der Waals surface area contributed by atoms with Crippen molar-refractivity contribution in [1.82, 2.24) is 10.3 Å². The molecule has 0 aliphatic rings. The van der Waals surface area contributed by atoms with E-state index in [2.05, 4.69) is 52.9 Å². The number of thiocarbonyl (C=S) groups is 1. The fraction of sp³-hybridized carbons (Fsp3) is 0.176. The molecule has 3 rings (SSSR count). The number of fused-ring (bicyclic) bond motifs is 1. The van der Waals surface area contributed by atoms with Crippen molar-refractivity contribution >= 4 is 44.0 Å². The van der Waals surface area contributed by atoms with Crippen LogP contribution in [0.2, 0.25) is 0 Å². The number of anilines is 1. The van der Waals surface area contributed by atoms with Crippen molar-refractivity contribution in [2.24, 2.45) is 0 Å². The molecule has 0 atom stereocenters. The number of nitrogens with one attached hydrogen (secondary N) is 2. The van der Waals surface area contributed by atoms with Crippen LogP contribution in [0.3, 0.4) is 0 Å². The van der Waals surface area contributed by atoms with Crippen LogP contribution in [0.25, 0.3) is 10.2 Å². The minimum Gasteiger partial charge on any atom is -0.358 e. The Hall–Kier alpha value is -1.98. The van der Waals surface area contributed by atoms with Crippen molar-refractivity contribution in [2.75, 3.05) is 5.32 Å². The van der Waals surface area contributed by atoms with Crippen LogP contribution in [-0.2, 0) is 13.0 Å². The zero-order valence-corrected chi connectivity index (χ0v) is 13.9. The highest BCUT2D eigenvalue weighted by Gasteiger charge is 2.06. The molecule has 0 fully saturated rings. The molecule has 2 aromatic carbocycles. The summed E-state index contributed by atoms with van der Waals surface area (Å²) in [6.07, 6.45) is 1.04. The van der Waals surface area contributed by atoms with Gasteiger partial charge in [-0.2, -0.15) is 0 Å². The second-order valence-corrected chi connectivity index (χ2v) is 6.41. The maximum Gasteiger partial charge on any atom is 0.190 e. The Morgan fingerprint density at radius 1 is 1.14 bits per heavy atom. The van der Waals surface area contributed by atoms with Gasteiger partial charge in [0.2, 0.25) is 0 Å². The highest BCUT2D eigenvalue weighted by molar-refractivity contribution is 7.80. The second kappa shape index (κ2) is 6.85. The monoisotopic (exact) mass is 327 g/mol. The lowest BCUT2D eigenvalue weighted by atomic mass is 10.2. The highest BCUT2D eigenvalue weighted by Crippen LogP contribution is 2.26. The van der Waals surface area contributed by atoms with E-state index < -0.39 is 0 Å². The summed E-state index contributed by atoms with van der Waals surface area (Å²) in [7, 11) is 0. The van der Waals surface area contributed by atoms with Crippen LogP contribution in [0.15, 0.2) is 48.5 Å². The SMILES string of the molecule is CCc1ccc2nc(NC(=S)NCc3ccccc3)sc2c1. The normalized spacial score (nSPS) is 10.6. The molecule has 0 amide bonds. The van der Waals surface area contributed by atoms with Crippen molar-refractivity contribution in [1.29, 1.82) is 0 Å². The van der Waals surface area contributed by atoms with Crippen LogP contribution >= 0.6 is 23.6 Å². The molecule has 0 radical (unpaired) electrons. The van der Waals surface area contributed by atoms with Crippen LogP contribution in [-0.4, -0.2) is 10.1 Å². The first kappa shape index (κ1) is 14.9. The molecule has 0 spiro atoms. The summed E-state index contributed by atoms with van der Waals surface area (Å²) < 4.78 is 1.19. The van der Waals surface area contributed by atoms with Gasteiger partial charge >= 0.3 is 0 Å². The van der Waals surface area contributed by atoms with Gasteiger partial charge in [0.25, 0.3) is 0 Å². The average molecular weight is 327 g/mol. The van der Waals surface area contributed by atoms with Gasteiger partial charge in [-0.3, -0.25) is 0 Å². The summed E-state index contributed by atoms with van der Waals surface area (Å²) in [4.78, 5) is 4.56. The van der Waals surface area contributed by atoms with E-state index in [1.165, 1.54) is 15.8 Å². The molecular formula is C17H17N3S2. The van der Waals surface area contributed by atoms with Gasteiger partial charge in [0.1, 0.15) is 0 Å². The van der Waals surface area contributed by atoms with E-state index in [1.54, 1.807) is 11.3 Å². The Kier molecular flexibility index (Phi) is 4.65. The zero-order valence-electron chi connectivity index (χ0n) is 12.3. The Balaban J connectivity index is 1.63. The number of thiazole rings is 1. The van der Waals surface area contributed by atoms with Crippen molar-refractivity contribution in [2.45, 2.75) is 19.9 Å². The third-order valence-corrected chi connectivity index (χ3v) is 4.56. The molecular weight excluding hydrogens is 310 g/mol. The van der Waals surface area contributed by atoms with E-state index in [1.807, 2.05) is 18.2 Å². The van der Waals surface area contributed by atoms with E-state index in [0.717, 1.165) is 17.1 Å². The highest BCUT2D eigenvalue weighted by atomic mass is 32.1. The van der Waals surface area contributed by atoms with Crippen LogP contribution < -0.4 is 10.6 Å². The first-order valence-corrected chi connectivity index (χ1v) is 8.45. The van der Waals surface area contributed by atoms with Crippen LogP contribution in [0.1, 0.15) is 18.1 Å². The summed E-state index contributed by atoms with van der Waals surface area (Å²) in [5, 5.41) is 7.79. The number of benzene rings is 2. The minimum atomic E-state index is 0.596. The molecule has 0 aliphatic heterocycles. The van der Waals surface area contributed by atoms with Crippen LogP contribution in [0, 0.1) is 0 Å². The molecule has 0 saturated carbocycles. The first-order chi connectivity index (χ1) is 10.7. The van der Waals surface area contributed by atoms with Gasteiger partial charge in [-0.05, 0) is 41.9 Å². The second-order valence-electron chi connectivity index (χ2n) is 4.97. The topological polar surface area (TPSA) is 37.0 Å². The van der Waals surface area contributed by atoms with Gasteiger partial charge < -0.3 is 10.6 Å². The van der Waals surface area contributed by atoms with E-state index in [4.69, 9.17) is 12.2 Å². The van der Waals surface area contributed by atoms with Crippen molar-refractivity contribution in [3.8, 4) is 0 Å². The van der Waals surface area contributed by atoms with E-state index in [-0.39, 0.29) is 0 Å². The number of hydrogen-bond donors (Lipinski definition) is 2. The summed E-state index contributed by atoms with van der Waals surface area (Å²) in [6.45, 7) is 2.86. The van der Waals surface area contributed by atoms with Gasteiger partial charge in [0.15, 0.2) is 10.2 Å². The maximum absolute atomic E-state index is 5.33. The number of rotatable bonds is 4. The summed E-state index contributed by atoms with van der Waals surface area (Å²) in [6, 6.07) is 16.6. The third kappa shape index (κ3) is 3.61. The van der Waals surface area contributed by atoms with Crippen LogP contribution in [0.5, 0.6) is 0 Å². The fourth-order valence-electron chi connectivity index (χ4n) is 2.16. The lowest BCUT2D eigenvalue weighted by Crippen LogP contribution is -2.27. The first-order valence-electron chi connectivity index (χ1n) is 7.23. The van der Waals surface area contributed by atoms with E-state index in [9.17, 15) is 0 Å². The molecule has 1 aromatic heterocycles. The number of nitrogens with zero attached hydrogens (tertiary/aromatic N) is 1. The van der Waals surface area contributed by atoms with Crippen LogP contribution in [0.4, 0.5) is 5.13 Å². The van der Waals surface area contributed by atoms with E-state index in [0.29, 0.717) is 11.7 Å². The van der Waals surface area contributed by atoms with Crippen molar-refractivity contribution in [3.63, 3.8) is 0 Å². The number of aromatic nitrogens is 1. The van der Waals surface area contributed by atoms with Gasteiger partial charge in [0, 0.05) is 6.54 Å². The molecule has 112 valence electrons. The molecule has 5 heteroatoms. The summed E-state index contributed by atoms with van der Waals surface area (Å²) in [5.41, 5.74) is 3.53. The Labute approximate surface area is 139 Å². The molecule has 3 aromatic rings. The fourth-order valence-corrected chi connectivity index (χ4v) is 3.33. The van der Waals surface area contributed by atoms with E-state index >= 15 is 0 Å². The standard InChI is InChI=1S/C17H17N3S2/c1-2-12-8-9-14-15(10-12)22-17(19-14)20-16(21)18-11-13-6-4-3-5-7-13/h3-10H,2,11H2,1H3,(H2,18,19,20,21). The van der Waals surface area contributed by atoms with Gasteiger partial charge in [-0.1, -0.05) is 54.7 Å². The molecule has 3 nitrogen and oxygen atoms in total. The Morgan fingerprint density at radius 2 is 1.95 bits per heavy atom. The van der Waals surface area contributed by atoms with Gasteiger partial charge in [-0.25, -0.2) is 4.98 Å². The molecule has 0 unspecified atom stereocenters. The van der Waals surface area contributed by atoms with Gasteiger partial charge in [0.05, 0.1) is 10.2 Å². The molecule has 22 heavy (non-hydrogen) atoms. The maximum atomic E-state index is 5.33. The lowest BCUT2D eigenvalue weighted by molar-refractivity contribution is 0.926. The summed E-state index contributed by atoms with van der Waals surface area (Å²) in [5.74, 6) is 0. The minimum absolute atomic E-state index is 0.596. The van der Waals surface area contributed by atoms with Crippen molar-refractivity contribution in [3.05, 3.63) is 59.7 Å². The van der Waals surface area contributed by atoms with Crippen molar-refractivity contribution < 1.29 is 0 Å². The zero-order chi connectivity index (χ0) is 15.4. The molecule has 0 saturated heterocycles. The quantitative estimate of drug-likeness (QED) is 0.699.